The molecular weight excluding hydrogens is 459 g/mol. The van der Waals surface area contributed by atoms with Crippen LogP contribution in [0, 0.1) is 5.82 Å². The van der Waals surface area contributed by atoms with Gasteiger partial charge in [-0.25, -0.2) is 17.8 Å². The minimum Gasteiger partial charge on any atom is -0.382 e. The predicted octanol–water partition coefficient (Wildman–Crippen LogP) is 4.51. The Bertz CT molecular complexity index is 1140. The van der Waals surface area contributed by atoms with Gasteiger partial charge in [-0.3, -0.25) is 4.72 Å². The molecule has 164 valence electrons. The molecule has 1 unspecified atom stereocenters. The van der Waals surface area contributed by atoms with Crippen LogP contribution in [0.15, 0.2) is 58.9 Å². The average molecular weight is 481 g/mol. The molecule has 31 heavy (non-hydrogen) atoms. The smallest absolute Gasteiger partial charge is 0.266 e. The van der Waals surface area contributed by atoms with Crippen molar-refractivity contribution in [1.82, 2.24) is 10.3 Å². The molecule has 0 aliphatic carbocycles. The number of halogens is 2. The van der Waals surface area contributed by atoms with Gasteiger partial charge in [0.1, 0.15) is 10.7 Å². The van der Waals surface area contributed by atoms with E-state index in [1.54, 1.807) is 5.38 Å². The van der Waals surface area contributed by atoms with Crippen LogP contribution in [0.3, 0.4) is 0 Å². The second kappa shape index (κ2) is 9.12. The Kier molecular flexibility index (Phi) is 6.47. The Morgan fingerprint density at radius 1 is 1.26 bits per heavy atom. The van der Waals surface area contributed by atoms with Crippen LogP contribution < -0.4 is 15.4 Å². The van der Waals surface area contributed by atoms with Gasteiger partial charge in [0.25, 0.3) is 10.0 Å². The molecule has 1 saturated heterocycles. The lowest BCUT2D eigenvalue weighted by molar-refractivity contribution is 0.394. The molecule has 1 aliphatic heterocycles. The van der Waals surface area contributed by atoms with Crippen LogP contribution in [0.5, 0.6) is 0 Å². The largest absolute Gasteiger partial charge is 0.382 e. The first kappa shape index (κ1) is 22.0. The van der Waals surface area contributed by atoms with Gasteiger partial charge >= 0.3 is 0 Å². The van der Waals surface area contributed by atoms with E-state index in [4.69, 9.17) is 11.6 Å². The van der Waals surface area contributed by atoms with Crippen molar-refractivity contribution in [2.45, 2.75) is 29.7 Å². The normalized spacial score (nSPS) is 18.8. The highest BCUT2D eigenvalue weighted by Gasteiger charge is 2.33. The maximum absolute atomic E-state index is 14.7. The van der Waals surface area contributed by atoms with E-state index in [2.05, 4.69) is 32.5 Å². The summed E-state index contributed by atoms with van der Waals surface area (Å²) in [6, 6.07) is 12.4. The molecule has 10 heteroatoms. The molecule has 3 aromatic rings. The number of hydrogen-bond donors (Lipinski definition) is 3. The zero-order valence-electron chi connectivity index (χ0n) is 16.6. The lowest BCUT2D eigenvalue weighted by Gasteiger charge is -2.31. The topological polar surface area (TPSA) is 83.1 Å². The molecule has 0 saturated carbocycles. The van der Waals surface area contributed by atoms with Crippen LogP contribution in [0.4, 0.5) is 15.2 Å². The summed E-state index contributed by atoms with van der Waals surface area (Å²) < 4.78 is 42.1. The quantitative estimate of drug-likeness (QED) is 0.441. The van der Waals surface area contributed by atoms with E-state index in [-0.39, 0.29) is 15.7 Å². The van der Waals surface area contributed by atoms with E-state index in [1.807, 2.05) is 18.2 Å². The first-order valence-electron chi connectivity index (χ1n) is 9.81. The molecular formula is C21H22ClFN4O2S2. The average Bonchev–Trinajstić information content (AvgIpc) is 3.41. The number of rotatable bonds is 8. The van der Waals surface area contributed by atoms with Crippen molar-refractivity contribution in [1.29, 1.82) is 0 Å². The van der Waals surface area contributed by atoms with E-state index in [9.17, 15) is 12.8 Å². The number of nitrogens with one attached hydrogen (secondary N) is 3. The van der Waals surface area contributed by atoms with Crippen LogP contribution in [0.25, 0.3) is 0 Å². The van der Waals surface area contributed by atoms with Gasteiger partial charge in [0, 0.05) is 23.7 Å². The Hall–Kier alpha value is -2.20. The third-order valence-corrected chi connectivity index (χ3v) is 7.78. The van der Waals surface area contributed by atoms with Crippen molar-refractivity contribution in [2.24, 2.45) is 0 Å². The van der Waals surface area contributed by atoms with Crippen LogP contribution in [0.1, 0.15) is 18.4 Å². The molecule has 2 aromatic carbocycles. The van der Waals surface area contributed by atoms with Crippen LogP contribution >= 0.6 is 22.9 Å². The van der Waals surface area contributed by atoms with Gasteiger partial charge in [-0.15, -0.1) is 11.3 Å². The summed E-state index contributed by atoms with van der Waals surface area (Å²) in [6.45, 7) is 1.45. The molecule has 1 atom stereocenters. The molecule has 1 aliphatic rings. The Morgan fingerprint density at radius 3 is 2.74 bits per heavy atom. The number of anilines is 2. The zero-order valence-corrected chi connectivity index (χ0v) is 19.0. The zero-order chi connectivity index (χ0) is 21.9. The summed E-state index contributed by atoms with van der Waals surface area (Å²) >= 11 is 7.43. The van der Waals surface area contributed by atoms with Crippen molar-refractivity contribution in [3.8, 4) is 0 Å². The highest BCUT2D eigenvalue weighted by Crippen LogP contribution is 2.31. The molecule has 6 nitrogen and oxygen atoms in total. The Labute approximate surface area is 189 Å². The number of hydrogen-bond acceptors (Lipinski definition) is 6. The summed E-state index contributed by atoms with van der Waals surface area (Å²) in [7, 11) is -4.14. The summed E-state index contributed by atoms with van der Waals surface area (Å²) in [6.07, 6.45) is 4.31. The summed E-state index contributed by atoms with van der Waals surface area (Å²) in [5, 5.41) is 8.71. The van der Waals surface area contributed by atoms with Crippen LogP contribution in [-0.4, -0.2) is 32.0 Å². The SMILES string of the molecule is O=S(=O)(Nc1nccs1)c1cc(Cl)c(NCC2(Cc3ccccc3)CCCN2)cc1F. The molecule has 0 radical (unpaired) electrons. The van der Waals surface area contributed by atoms with Gasteiger partial charge in [-0.2, -0.15) is 0 Å². The maximum atomic E-state index is 14.7. The highest BCUT2D eigenvalue weighted by atomic mass is 35.5. The second-order valence-corrected chi connectivity index (χ2v) is 10.5. The maximum Gasteiger partial charge on any atom is 0.266 e. The Morgan fingerprint density at radius 2 is 2.06 bits per heavy atom. The Balaban J connectivity index is 1.51. The number of aromatic nitrogens is 1. The molecule has 2 heterocycles. The van der Waals surface area contributed by atoms with Gasteiger partial charge in [0.05, 0.1) is 10.7 Å². The molecule has 4 rings (SSSR count). The number of nitrogens with zero attached hydrogens (tertiary/aromatic N) is 1. The summed E-state index contributed by atoms with van der Waals surface area (Å²) in [5.74, 6) is -0.882. The van der Waals surface area contributed by atoms with E-state index in [0.717, 1.165) is 49.3 Å². The second-order valence-electron chi connectivity index (χ2n) is 7.53. The molecule has 0 amide bonds. The van der Waals surface area contributed by atoms with Crippen molar-refractivity contribution in [3.63, 3.8) is 0 Å². The standard InChI is InChI=1S/C21H22ClFN4O2S2/c22-16-11-19(31(28,29)27-20-24-9-10-30-20)17(23)12-18(16)25-14-21(7-4-8-26-21)13-15-5-2-1-3-6-15/h1-3,5-6,9-12,25-26H,4,7-8,13-14H2,(H,24,27). The van der Waals surface area contributed by atoms with E-state index < -0.39 is 20.7 Å². The van der Waals surface area contributed by atoms with Crippen molar-refractivity contribution in [2.75, 3.05) is 23.1 Å². The molecule has 1 aromatic heterocycles. The highest BCUT2D eigenvalue weighted by molar-refractivity contribution is 7.93. The minimum absolute atomic E-state index is 0.133. The van der Waals surface area contributed by atoms with E-state index in [1.165, 1.54) is 11.8 Å². The number of benzene rings is 2. The fourth-order valence-electron chi connectivity index (χ4n) is 3.80. The van der Waals surface area contributed by atoms with Gasteiger partial charge in [0.15, 0.2) is 5.13 Å². The lowest BCUT2D eigenvalue weighted by Crippen LogP contribution is -2.48. The summed E-state index contributed by atoms with van der Waals surface area (Å²) in [5.41, 5.74) is 1.39. The molecule has 1 fully saturated rings. The third kappa shape index (κ3) is 5.17. The molecule has 0 bridgehead atoms. The van der Waals surface area contributed by atoms with Gasteiger partial charge in [0.2, 0.25) is 0 Å². The van der Waals surface area contributed by atoms with Gasteiger partial charge in [-0.1, -0.05) is 41.9 Å². The minimum atomic E-state index is -4.14. The van der Waals surface area contributed by atoms with Crippen molar-refractivity contribution < 1.29 is 12.8 Å². The number of sulfonamides is 1. The molecule has 3 N–H and O–H groups in total. The van der Waals surface area contributed by atoms with Gasteiger partial charge < -0.3 is 10.6 Å². The van der Waals surface area contributed by atoms with Crippen molar-refractivity contribution >= 4 is 43.8 Å². The molecule has 0 spiro atoms. The van der Waals surface area contributed by atoms with Crippen LogP contribution in [-0.2, 0) is 16.4 Å². The third-order valence-electron chi connectivity index (χ3n) is 5.30. The first-order valence-corrected chi connectivity index (χ1v) is 12.6. The monoisotopic (exact) mass is 480 g/mol. The van der Waals surface area contributed by atoms with E-state index >= 15 is 0 Å². The van der Waals surface area contributed by atoms with Crippen molar-refractivity contribution in [3.05, 3.63) is 70.4 Å². The fourth-order valence-corrected chi connectivity index (χ4v) is 5.97. The lowest BCUT2D eigenvalue weighted by atomic mass is 9.89. The number of thiazole rings is 1. The summed E-state index contributed by atoms with van der Waals surface area (Å²) in [4.78, 5) is 3.35. The van der Waals surface area contributed by atoms with Crippen LogP contribution in [0.2, 0.25) is 5.02 Å². The fraction of sp³-hybridized carbons (Fsp3) is 0.286. The first-order chi connectivity index (χ1) is 14.9. The van der Waals surface area contributed by atoms with Gasteiger partial charge in [-0.05, 0) is 43.5 Å². The predicted molar refractivity (Wildman–Crippen MR) is 123 cm³/mol. The van der Waals surface area contributed by atoms with E-state index in [0.29, 0.717) is 12.2 Å².